The molecule has 0 bridgehead atoms. The predicted molar refractivity (Wildman–Crippen MR) is 56.2 cm³/mol. The average molecular weight is 224 g/mol. The van der Waals surface area contributed by atoms with E-state index < -0.39 is 5.97 Å². The Morgan fingerprint density at radius 2 is 2.12 bits per heavy atom. The van der Waals surface area contributed by atoms with Crippen LogP contribution in [0.4, 0.5) is 5.82 Å². The van der Waals surface area contributed by atoms with E-state index >= 15 is 0 Å². The summed E-state index contributed by atoms with van der Waals surface area (Å²) in [5, 5.41) is 13.9. The molecular weight excluding hydrogens is 212 g/mol. The van der Waals surface area contributed by atoms with E-state index in [0.29, 0.717) is 12.4 Å². The van der Waals surface area contributed by atoms with Gasteiger partial charge in [0.25, 0.3) is 0 Å². The van der Waals surface area contributed by atoms with Gasteiger partial charge in [-0.3, -0.25) is 4.79 Å². The standard InChI is InChI=1S/C9H12N4O3/c1-2-10-8(14)5-13-7-4-11-6(3-12-7)9(15)16/h3-4H,2,5H2,1H3,(H,10,14)(H,12,13)(H,15,16). The Kier molecular flexibility index (Phi) is 4.19. The Morgan fingerprint density at radius 1 is 1.38 bits per heavy atom. The maximum atomic E-state index is 11.1. The number of anilines is 1. The maximum absolute atomic E-state index is 11.1. The summed E-state index contributed by atoms with van der Waals surface area (Å²) in [6.45, 7) is 2.46. The molecule has 1 aromatic rings. The van der Waals surface area contributed by atoms with E-state index in [1.54, 1.807) is 0 Å². The molecule has 0 aliphatic carbocycles. The van der Waals surface area contributed by atoms with Crippen molar-refractivity contribution < 1.29 is 14.7 Å². The minimum atomic E-state index is -1.14. The zero-order valence-corrected chi connectivity index (χ0v) is 8.73. The van der Waals surface area contributed by atoms with Crippen molar-refractivity contribution in [2.45, 2.75) is 6.92 Å². The SMILES string of the molecule is CCNC(=O)CNc1cnc(C(=O)O)cn1. The number of carboxylic acid groups (broad SMARTS) is 1. The van der Waals surface area contributed by atoms with Gasteiger partial charge in [0.15, 0.2) is 5.69 Å². The topological polar surface area (TPSA) is 104 Å². The quantitative estimate of drug-likeness (QED) is 0.635. The second-order valence-corrected chi connectivity index (χ2v) is 2.90. The number of carboxylic acids is 1. The first kappa shape index (κ1) is 11.9. The zero-order valence-electron chi connectivity index (χ0n) is 8.73. The van der Waals surface area contributed by atoms with E-state index in [1.807, 2.05) is 6.92 Å². The van der Waals surface area contributed by atoms with Crippen molar-refractivity contribution in [2.75, 3.05) is 18.4 Å². The number of amides is 1. The van der Waals surface area contributed by atoms with Crippen LogP contribution in [0.25, 0.3) is 0 Å². The van der Waals surface area contributed by atoms with Crippen LogP contribution in [0.5, 0.6) is 0 Å². The molecule has 0 aliphatic heterocycles. The van der Waals surface area contributed by atoms with Crippen LogP contribution < -0.4 is 10.6 Å². The van der Waals surface area contributed by atoms with E-state index in [2.05, 4.69) is 20.6 Å². The van der Waals surface area contributed by atoms with Crippen molar-refractivity contribution in [1.82, 2.24) is 15.3 Å². The summed E-state index contributed by atoms with van der Waals surface area (Å²) in [4.78, 5) is 29.0. The first-order valence-electron chi connectivity index (χ1n) is 4.69. The van der Waals surface area contributed by atoms with Crippen molar-refractivity contribution >= 4 is 17.7 Å². The molecule has 16 heavy (non-hydrogen) atoms. The molecule has 0 saturated heterocycles. The van der Waals surface area contributed by atoms with Crippen LogP contribution in [0.15, 0.2) is 12.4 Å². The van der Waals surface area contributed by atoms with Crippen molar-refractivity contribution in [3.8, 4) is 0 Å². The first-order valence-corrected chi connectivity index (χ1v) is 4.69. The third-order valence-corrected chi connectivity index (χ3v) is 1.67. The third-order valence-electron chi connectivity index (χ3n) is 1.67. The van der Waals surface area contributed by atoms with Gasteiger partial charge in [-0.1, -0.05) is 0 Å². The van der Waals surface area contributed by atoms with Crippen LogP contribution in [0.2, 0.25) is 0 Å². The van der Waals surface area contributed by atoms with Gasteiger partial charge < -0.3 is 15.7 Å². The van der Waals surface area contributed by atoms with Crippen LogP contribution >= 0.6 is 0 Å². The molecule has 0 spiro atoms. The summed E-state index contributed by atoms with van der Waals surface area (Å²) in [7, 11) is 0. The number of nitrogens with one attached hydrogen (secondary N) is 2. The molecule has 0 atom stereocenters. The van der Waals surface area contributed by atoms with Crippen molar-refractivity contribution in [2.24, 2.45) is 0 Å². The molecule has 86 valence electrons. The van der Waals surface area contributed by atoms with Gasteiger partial charge in [-0.25, -0.2) is 14.8 Å². The Labute approximate surface area is 91.9 Å². The van der Waals surface area contributed by atoms with Crippen molar-refractivity contribution in [3.63, 3.8) is 0 Å². The number of carbonyl (C=O) groups excluding carboxylic acids is 1. The molecule has 1 rings (SSSR count). The lowest BCUT2D eigenvalue weighted by Gasteiger charge is -2.04. The molecule has 1 aromatic heterocycles. The number of aromatic carboxylic acids is 1. The Balaban J connectivity index is 2.49. The lowest BCUT2D eigenvalue weighted by Crippen LogP contribution is -2.29. The van der Waals surface area contributed by atoms with Crippen LogP contribution in [-0.2, 0) is 4.79 Å². The molecule has 0 unspecified atom stereocenters. The fourth-order valence-corrected chi connectivity index (χ4v) is 0.960. The second-order valence-electron chi connectivity index (χ2n) is 2.90. The van der Waals surface area contributed by atoms with E-state index in [0.717, 1.165) is 6.20 Å². The highest BCUT2D eigenvalue weighted by Gasteiger charge is 2.05. The lowest BCUT2D eigenvalue weighted by molar-refractivity contribution is -0.119. The fourth-order valence-electron chi connectivity index (χ4n) is 0.960. The maximum Gasteiger partial charge on any atom is 0.356 e. The second kappa shape index (κ2) is 5.64. The summed E-state index contributed by atoms with van der Waals surface area (Å²) >= 11 is 0. The van der Waals surface area contributed by atoms with Crippen LogP contribution in [-0.4, -0.2) is 40.0 Å². The highest BCUT2D eigenvalue weighted by molar-refractivity contribution is 5.85. The number of carbonyl (C=O) groups is 2. The van der Waals surface area contributed by atoms with E-state index in [1.165, 1.54) is 6.20 Å². The molecule has 0 aliphatic rings. The lowest BCUT2D eigenvalue weighted by atomic mass is 10.4. The van der Waals surface area contributed by atoms with Gasteiger partial charge in [0.1, 0.15) is 5.82 Å². The number of rotatable bonds is 5. The van der Waals surface area contributed by atoms with Crippen LogP contribution in [0, 0.1) is 0 Å². The summed E-state index contributed by atoms with van der Waals surface area (Å²) in [5.41, 5.74) is -0.136. The van der Waals surface area contributed by atoms with Crippen LogP contribution in [0.3, 0.4) is 0 Å². The number of hydrogen-bond donors (Lipinski definition) is 3. The summed E-state index contributed by atoms with van der Waals surface area (Å²) < 4.78 is 0. The van der Waals surface area contributed by atoms with Gasteiger partial charge in [-0.15, -0.1) is 0 Å². The number of likely N-dealkylation sites (N-methyl/N-ethyl adjacent to an activating group) is 1. The van der Waals surface area contributed by atoms with Crippen molar-refractivity contribution in [3.05, 3.63) is 18.1 Å². The molecule has 3 N–H and O–H groups in total. The molecule has 0 aromatic carbocycles. The number of hydrogen-bond acceptors (Lipinski definition) is 5. The van der Waals surface area contributed by atoms with Gasteiger partial charge in [0.2, 0.25) is 5.91 Å². The Bertz CT molecular complexity index is 377. The molecule has 1 heterocycles. The third kappa shape index (κ3) is 3.52. The molecule has 7 nitrogen and oxygen atoms in total. The highest BCUT2D eigenvalue weighted by atomic mass is 16.4. The van der Waals surface area contributed by atoms with Crippen LogP contribution in [0.1, 0.15) is 17.4 Å². The van der Waals surface area contributed by atoms with E-state index in [4.69, 9.17) is 5.11 Å². The molecule has 0 saturated carbocycles. The van der Waals surface area contributed by atoms with Crippen molar-refractivity contribution in [1.29, 1.82) is 0 Å². The Morgan fingerprint density at radius 3 is 2.62 bits per heavy atom. The highest BCUT2D eigenvalue weighted by Crippen LogP contribution is 2.00. The molecule has 1 amide bonds. The number of nitrogens with zero attached hydrogens (tertiary/aromatic N) is 2. The summed E-state index contributed by atoms with van der Waals surface area (Å²) in [5.74, 6) is -0.939. The average Bonchev–Trinajstić information content (AvgIpc) is 2.27. The van der Waals surface area contributed by atoms with Gasteiger partial charge in [0.05, 0.1) is 18.9 Å². The van der Waals surface area contributed by atoms with E-state index in [9.17, 15) is 9.59 Å². The minimum absolute atomic E-state index is 0.0783. The Hall–Kier alpha value is -2.18. The zero-order chi connectivity index (χ0) is 12.0. The smallest absolute Gasteiger partial charge is 0.356 e. The number of aromatic nitrogens is 2. The summed E-state index contributed by atoms with van der Waals surface area (Å²) in [6, 6.07) is 0. The summed E-state index contributed by atoms with van der Waals surface area (Å²) in [6.07, 6.45) is 2.39. The predicted octanol–water partition coefficient (Wildman–Crippen LogP) is -0.277. The monoisotopic (exact) mass is 224 g/mol. The van der Waals surface area contributed by atoms with E-state index in [-0.39, 0.29) is 18.1 Å². The minimum Gasteiger partial charge on any atom is -0.476 e. The van der Waals surface area contributed by atoms with Gasteiger partial charge >= 0.3 is 5.97 Å². The molecular formula is C9H12N4O3. The fraction of sp³-hybridized carbons (Fsp3) is 0.333. The van der Waals surface area contributed by atoms with Gasteiger partial charge in [-0.2, -0.15) is 0 Å². The molecule has 0 radical (unpaired) electrons. The molecule has 7 heteroatoms. The first-order chi connectivity index (χ1) is 7.63. The van der Waals surface area contributed by atoms with Gasteiger partial charge in [0, 0.05) is 6.54 Å². The normalized spacial score (nSPS) is 9.56. The molecule has 0 fully saturated rings. The van der Waals surface area contributed by atoms with Gasteiger partial charge in [-0.05, 0) is 6.92 Å². The largest absolute Gasteiger partial charge is 0.476 e.